The Morgan fingerprint density at radius 3 is 2.70 bits per heavy atom. The van der Waals surface area contributed by atoms with E-state index >= 15 is 0 Å². The van der Waals surface area contributed by atoms with E-state index < -0.39 is 0 Å². The number of nitrogens with two attached hydrogens (primary N) is 1. The van der Waals surface area contributed by atoms with Crippen molar-refractivity contribution in [2.24, 2.45) is 11.7 Å². The van der Waals surface area contributed by atoms with Crippen LogP contribution in [0.4, 0.5) is 0 Å². The molecule has 0 saturated heterocycles. The summed E-state index contributed by atoms with van der Waals surface area (Å²) in [6.45, 7) is 0.610. The average molecular weight is 360 g/mol. The fraction of sp³-hybridized carbons (Fsp3) is 0.533. The van der Waals surface area contributed by atoms with Crippen molar-refractivity contribution in [3.8, 4) is 0 Å². The zero-order valence-electron chi connectivity index (χ0n) is 11.3. The van der Waals surface area contributed by atoms with Crippen LogP contribution in [0, 0.1) is 5.92 Å². The zero-order chi connectivity index (χ0) is 13.5. The molecule has 0 aliphatic heterocycles. The van der Waals surface area contributed by atoms with Crippen LogP contribution < -0.4 is 11.1 Å². The Hall–Kier alpha value is -0.580. The molecule has 5 heteroatoms. The third kappa shape index (κ3) is 3.18. The van der Waals surface area contributed by atoms with E-state index in [-0.39, 0.29) is 29.8 Å². The van der Waals surface area contributed by atoms with Gasteiger partial charge in [-0.1, -0.05) is 28.1 Å². The Morgan fingerprint density at radius 2 is 2.15 bits per heavy atom. The maximum Gasteiger partial charge on any atom is 0.230 e. The van der Waals surface area contributed by atoms with Crippen LogP contribution in [0.2, 0.25) is 0 Å². The van der Waals surface area contributed by atoms with Crippen LogP contribution in [-0.2, 0) is 10.2 Å². The van der Waals surface area contributed by atoms with Gasteiger partial charge in [0.05, 0.1) is 5.41 Å². The van der Waals surface area contributed by atoms with Gasteiger partial charge in [0, 0.05) is 17.1 Å². The highest BCUT2D eigenvalue weighted by atomic mass is 79.9. The molecular formula is C15H20BrClN2O. The van der Waals surface area contributed by atoms with E-state index in [0.29, 0.717) is 12.5 Å². The highest BCUT2D eigenvalue weighted by molar-refractivity contribution is 9.10. The number of nitrogens with one attached hydrogen (secondary N) is 1. The van der Waals surface area contributed by atoms with Gasteiger partial charge in [0.25, 0.3) is 0 Å². The first-order valence-corrected chi connectivity index (χ1v) is 7.71. The Morgan fingerprint density at radius 1 is 1.45 bits per heavy atom. The lowest BCUT2D eigenvalue weighted by atomic mass is 9.95. The third-order valence-corrected chi connectivity index (χ3v) is 4.78. The van der Waals surface area contributed by atoms with E-state index in [4.69, 9.17) is 5.73 Å². The molecular weight excluding hydrogens is 340 g/mol. The van der Waals surface area contributed by atoms with E-state index in [1.165, 1.54) is 12.8 Å². The van der Waals surface area contributed by atoms with Crippen LogP contribution >= 0.6 is 28.3 Å². The second-order valence-corrected chi connectivity index (χ2v) is 6.72. The van der Waals surface area contributed by atoms with Crippen LogP contribution in [-0.4, -0.2) is 18.5 Å². The zero-order valence-corrected chi connectivity index (χ0v) is 13.7. The minimum atomic E-state index is -0.299. The van der Waals surface area contributed by atoms with Crippen LogP contribution in [0.25, 0.3) is 0 Å². The Bertz CT molecular complexity index is 500. The Balaban J connectivity index is 0.00000147. The number of carbonyl (C=O) groups is 1. The van der Waals surface area contributed by atoms with Crippen molar-refractivity contribution in [1.82, 2.24) is 5.32 Å². The van der Waals surface area contributed by atoms with Gasteiger partial charge in [-0.3, -0.25) is 4.79 Å². The second kappa shape index (κ2) is 6.04. The maximum absolute atomic E-state index is 12.4. The van der Waals surface area contributed by atoms with Gasteiger partial charge < -0.3 is 11.1 Å². The van der Waals surface area contributed by atoms with E-state index in [9.17, 15) is 4.79 Å². The Kier molecular flexibility index (Phi) is 4.77. The summed E-state index contributed by atoms with van der Waals surface area (Å²) in [6, 6.07) is 8.19. The minimum absolute atomic E-state index is 0. The summed E-state index contributed by atoms with van der Waals surface area (Å²) in [5, 5.41) is 3.05. The lowest BCUT2D eigenvalue weighted by Gasteiger charge is -2.18. The quantitative estimate of drug-likeness (QED) is 0.849. The van der Waals surface area contributed by atoms with Gasteiger partial charge in [-0.15, -0.1) is 12.4 Å². The first-order valence-electron chi connectivity index (χ1n) is 6.92. The van der Waals surface area contributed by atoms with Crippen molar-refractivity contribution >= 4 is 34.2 Å². The molecule has 20 heavy (non-hydrogen) atoms. The molecule has 0 heterocycles. The standard InChI is InChI=1S/C15H19BrN2O.ClH/c16-12-3-1-2-11(8-12)15(6-7-15)14(19)18-9-13(17)10-4-5-10;/h1-3,8,10,13H,4-7,9,17H2,(H,18,19);1H. The molecule has 2 saturated carbocycles. The number of halogens is 2. The molecule has 0 radical (unpaired) electrons. The smallest absolute Gasteiger partial charge is 0.230 e. The molecule has 0 spiro atoms. The number of rotatable bonds is 5. The minimum Gasteiger partial charge on any atom is -0.354 e. The molecule has 3 rings (SSSR count). The molecule has 3 N–H and O–H groups in total. The lowest BCUT2D eigenvalue weighted by molar-refractivity contribution is -0.123. The summed E-state index contributed by atoms with van der Waals surface area (Å²) < 4.78 is 1.03. The molecule has 0 bridgehead atoms. The fourth-order valence-electron chi connectivity index (χ4n) is 2.63. The second-order valence-electron chi connectivity index (χ2n) is 5.80. The predicted octanol–water partition coefficient (Wildman–Crippen LogP) is 2.76. The number of hydrogen-bond acceptors (Lipinski definition) is 2. The van der Waals surface area contributed by atoms with Gasteiger partial charge in [-0.2, -0.15) is 0 Å². The monoisotopic (exact) mass is 358 g/mol. The van der Waals surface area contributed by atoms with Gasteiger partial charge >= 0.3 is 0 Å². The predicted molar refractivity (Wildman–Crippen MR) is 86.0 cm³/mol. The van der Waals surface area contributed by atoms with Crippen molar-refractivity contribution in [1.29, 1.82) is 0 Å². The summed E-state index contributed by atoms with van der Waals surface area (Å²) in [6.07, 6.45) is 4.31. The molecule has 1 aromatic rings. The molecule has 2 aliphatic carbocycles. The largest absolute Gasteiger partial charge is 0.354 e. The topological polar surface area (TPSA) is 55.1 Å². The highest BCUT2D eigenvalue weighted by Gasteiger charge is 2.51. The summed E-state index contributed by atoms with van der Waals surface area (Å²) in [7, 11) is 0. The van der Waals surface area contributed by atoms with Crippen LogP contribution in [0.15, 0.2) is 28.7 Å². The van der Waals surface area contributed by atoms with E-state index in [2.05, 4.69) is 21.2 Å². The number of benzene rings is 1. The summed E-state index contributed by atoms with van der Waals surface area (Å²) in [5.74, 6) is 0.767. The SMILES string of the molecule is Cl.NC(CNC(=O)C1(c2cccc(Br)c2)CC1)C1CC1. The molecule has 2 fully saturated rings. The normalized spacial score (nSPS) is 20.7. The molecule has 3 nitrogen and oxygen atoms in total. The number of carbonyl (C=O) groups excluding carboxylic acids is 1. The summed E-state index contributed by atoms with van der Waals surface area (Å²) >= 11 is 3.47. The van der Waals surface area contributed by atoms with E-state index in [1.54, 1.807) is 0 Å². The maximum atomic E-state index is 12.4. The van der Waals surface area contributed by atoms with Crippen LogP contribution in [0.1, 0.15) is 31.2 Å². The van der Waals surface area contributed by atoms with Crippen molar-refractivity contribution < 1.29 is 4.79 Å². The van der Waals surface area contributed by atoms with Crippen molar-refractivity contribution in [3.63, 3.8) is 0 Å². The third-order valence-electron chi connectivity index (χ3n) is 4.29. The molecule has 1 unspecified atom stereocenters. The van der Waals surface area contributed by atoms with Crippen LogP contribution in [0.5, 0.6) is 0 Å². The van der Waals surface area contributed by atoms with Gasteiger partial charge in [0.2, 0.25) is 5.91 Å². The lowest BCUT2D eigenvalue weighted by Crippen LogP contribution is -2.43. The number of hydrogen-bond donors (Lipinski definition) is 2. The number of amides is 1. The van der Waals surface area contributed by atoms with Crippen molar-refractivity contribution in [2.75, 3.05) is 6.54 Å². The fourth-order valence-corrected chi connectivity index (χ4v) is 3.03. The Labute approximate surface area is 134 Å². The van der Waals surface area contributed by atoms with Gasteiger partial charge in [-0.05, 0) is 49.3 Å². The first-order chi connectivity index (χ1) is 9.12. The van der Waals surface area contributed by atoms with Gasteiger partial charge in [-0.25, -0.2) is 0 Å². The van der Waals surface area contributed by atoms with Gasteiger partial charge in [0.15, 0.2) is 0 Å². The van der Waals surface area contributed by atoms with E-state index in [0.717, 1.165) is 22.9 Å². The molecule has 2 aliphatic rings. The van der Waals surface area contributed by atoms with Gasteiger partial charge in [0.1, 0.15) is 0 Å². The van der Waals surface area contributed by atoms with Crippen molar-refractivity contribution in [3.05, 3.63) is 34.3 Å². The molecule has 1 amide bonds. The highest BCUT2D eigenvalue weighted by Crippen LogP contribution is 2.48. The summed E-state index contributed by atoms with van der Waals surface area (Å²) in [5.41, 5.74) is 6.84. The average Bonchev–Trinajstić information content (AvgIpc) is 3.29. The van der Waals surface area contributed by atoms with E-state index in [1.807, 2.05) is 24.3 Å². The molecule has 1 atom stereocenters. The molecule has 0 aromatic heterocycles. The summed E-state index contributed by atoms with van der Waals surface area (Å²) in [4.78, 5) is 12.4. The first kappa shape index (κ1) is 15.8. The molecule has 110 valence electrons. The van der Waals surface area contributed by atoms with Crippen molar-refractivity contribution in [2.45, 2.75) is 37.1 Å². The van der Waals surface area contributed by atoms with Crippen LogP contribution in [0.3, 0.4) is 0 Å². The molecule has 1 aromatic carbocycles.